The monoisotopic (exact) mass is 430 g/mol. The van der Waals surface area contributed by atoms with Crippen LogP contribution in [0.4, 0.5) is 4.79 Å². The molecular weight excluding hydrogens is 408 g/mol. The first kappa shape index (κ1) is 18.9. The number of likely N-dealkylation sites (N-methyl/N-ethyl adjacent to an activating group) is 1. The molecule has 2 aliphatic rings. The molecule has 162 valence electrons. The average Bonchev–Trinajstić information content (AvgIpc) is 3.43. The first-order valence-corrected chi connectivity index (χ1v) is 10.5. The summed E-state index contributed by atoms with van der Waals surface area (Å²) in [5, 5.41) is 2.42. The van der Waals surface area contributed by atoms with Crippen molar-refractivity contribution in [1.82, 2.24) is 29.7 Å². The van der Waals surface area contributed by atoms with Crippen LogP contribution < -0.4 is 11.0 Å². The number of nitrogens with one attached hydrogen (secondary N) is 3. The van der Waals surface area contributed by atoms with E-state index >= 15 is 0 Å². The SMILES string of the molecule is Cc1cc(C)c2[nH]c(=O)n(Cc3nc4cc5c(cc4[nH]3)CC3(C5)C(=O)NC(=O)N3C)c2c1. The summed E-state index contributed by atoms with van der Waals surface area (Å²) >= 11 is 0. The molecule has 2 aromatic heterocycles. The summed E-state index contributed by atoms with van der Waals surface area (Å²) in [6.07, 6.45) is 0.941. The van der Waals surface area contributed by atoms with Gasteiger partial charge < -0.3 is 14.9 Å². The number of imidazole rings is 2. The van der Waals surface area contributed by atoms with Gasteiger partial charge in [-0.3, -0.25) is 14.7 Å². The second-order valence-corrected chi connectivity index (χ2v) is 9.02. The van der Waals surface area contributed by atoms with Crippen molar-refractivity contribution in [2.45, 2.75) is 38.8 Å². The molecule has 6 rings (SSSR count). The molecule has 1 unspecified atom stereocenters. The van der Waals surface area contributed by atoms with E-state index < -0.39 is 5.54 Å². The molecule has 3 amide bonds. The summed E-state index contributed by atoms with van der Waals surface area (Å²) in [7, 11) is 1.66. The predicted octanol–water partition coefficient (Wildman–Crippen LogP) is 1.89. The molecule has 1 saturated heterocycles. The smallest absolute Gasteiger partial charge is 0.326 e. The fraction of sp³-hybridized carbons (Fsp3) is 0.304. The van der Waals surface area contributed by atoms with E-state index in [-0.39, 0.29) is 17.6 Å². The molecule has 9 heteroatoms. The van der Waals surface area contributed by atoms with Crippen molar-refractivity contribution in [3.05, 3.63) is 62.8 Å². The quantitative estimate of drug-likeness (QED) is 0.421. The number of nitrogens with zero attached hydrogens (tertiary/aromatic N) is 3. The Bertz CT molecular complexity index is 1500. The largest absolute Gasteiger partial charge is 0.340 e. The summed E-state index contributed by atoms with van der Waals surface area (Å²) in [6, 6.07) is 7.68. The number of rotatable bonds is 2. The van der Waals surface area contributed by atoms with Crippen LogP contribution in [0.15, 0.2) is 29.1 Å². The van der Waals surface area contributed by atoms with E-state index in [0.717, 1.165) is 44.3 Å². The fourth-order valence-electron chi connectivity index (χ4n) is 5.25. The zero-order valence-corrected chi connectivity index (χ0v) is 18.0. The van der Waals surface area contributed by atoms with Gasteiger partial charge in [0.2, 0.25) is 0 Å². The van der Waals surface area contributed by atoms with Gasteiger partial charge in [-0.15, -0.1) is 0 Å². The number of aromatic nitrogens is 4. The third kappa shape index (κ3) is 2.44. The highest BCUT2D eigenvalue weighted by Gasteiger charge is 2.54. The zero-order valence-electron chi connectivity index (χ0n) is 18.0. The highest BCUT2D eigenvalue weighted by atomic mass is 16.2. The minimum Gasteiger partial charge on any atom is -0.340 e. The summed E-state index contributed by atoms with van der Waals surface area (Å²) in [4.78, 5) is 49.6. The lowest BCUT2D eigenvalue weighted by Crippen LogP contribution is -2.48. The molecular formula is C23H22N6O3. The molecule has 1 spiro atoms. The van der Waals surface area contributed by atoms with Crippen molar-refractivity contribution in [3.8, 4) is 0 Å². The van der Waals surface area contributed by atoms with E-state index in [1.807, 2.05) is 38.1 Å². The van der Waals surface area contributed by atoms with E-state index in [1.165, 1.54) is 4.90 Å². The Kier molecular flexibility index (Phi) is 3.59. The van der Waals surface area contributed by atoms with Gasteiger partial charge in [0.05, 0.1) is 28.6 Å². The topological polar surface area (TPSA) is 116 Å². The highest BCUT2D eigenvalue weighted by Crippen LogP contribution is 2.38. The summed E-state index contributed by atoms with van der Waals surface area (Å²) in [5.74, 6) is 0.439. The summed E-state index contributed by atoms with van der Waals surface area (Å²) < 4.78 is 1.69. The number of hydrogen-bond acceptors (Lipinski definition) is 4. The van der Waals surface area contributed by atoms with Crippen molar-refractivity contribution in [2.75, 3.05) is 7.05 Å². The Morgan fingerprint density at radius 2 is 1.78 bits per heavy atom. The number of benzene rings is 2. The number of imide groups is 1. The lowest BCUT2D eigenvalue weighted by atomic mass is 9.95. The number of aromatic amines is 2. The number of urea groups is 1. The van der Waals surface area contributed by atoms with Gasteiger partial charge in [-0.1, -0.05) is 6.07 Å². The molecule has 2 aromatic carbocycles. The van der Waals surface area contributed by atoms with Crippen LogP contribution in [0.5, 0.6) is 0 Å². The van der Waals surface area contributed by atoms with Crippen LogP contribution in [-0.2, 0) is 24.2 Å². The molecule has 1 aliphatic carbocycles. The normalized spacial score (nSPS) is 17.2. The maximum absolute atomic E-state index is 12.6. The highest BCUT2D eigenvalue weighted by molar-refractivity contribution is 6.07. The first-order chi connectivity index (χ1) is 15.2. The second-order valence-electron chi connectivity index (χ2n) is 9.02. The number of hydrogen-bond donors (Lipinski definition) is 3. The maximum Gasteiger partial charge on any atom is 0.326 e. The van der Waals surface area contributed by atoms with Crippen LogP contribution in [0.2, 0.25) is 0 Å². The van der Waals surface area contributed by atoms with Crippen molar-refractivity contribution in [1.29, 1.82) is 0 Å². The van der Waals surface area contributed by atoms with Crippen LogP contribution in [-0.4, -0.2) is 48.9 Å². The number of amides is 3. The molecule has 0 bridgehead atoms. The van der Waals surface area contributed by atoms with Crippen molar-refractivity contribution in [2.24, 2.45) is 0 Å². The molecule has 1 fully saturated rings. The van der Waals surface area contributed by atoms with E-state index in [0.29, 0.717) is 25.2 Å². The van der Waals surface area contributed by atoms with E-state index in [2.05, 4.69) is 15.3 Å². The number of carbonyl (C=O) groups is 2. The number of carbonyl (C=O) groups excluding carboxylic acids is 2. The molecule has 0 saturated carbocycles. The van der Waals surface area contributed by atoms with Crippen LogP contribution in [0.3, 0.4) is 0 Å². The van der Waals surface area contributed by atoms with E-state index in [1.54, 1.807) is 11.6 Å². The van der Waals surface area contributed by atoms with Crippen molar-refractivity contribution < 1.29 is 9.59 Å². The number of aryl methyl sites for hydroxylation is 2. The average molecular weight is 430 g/mol. The van der Waals surface area contributed by atoms with Crippen molar-refractivity contribution in [3.63, 3.8) is 0 Å². The van der Waals surface area contributed by atoms with Crippen LogP contribution >= 0.6 is 0 Å². The van der Waals surface area contributed by atoms with E-state index in [9.17, 15) is 14.4 Å². The molecule has 4 aromatic rings. The number of H-pyrrole nitrogens is 2. The standard InChI is InChI=1S/C23H22N6O3/c1-11-4-12(2)19-17(5-11)29(22(32)26-19)10-18-24-15-6-13-8-23(9-14(13)7-16(15)25-18)20(30)27-21(31)28(23)3/h4-7H,8-10H2,1-3H3,(H,24,25)(H,26,32)(H,27,30,31). The minimum atomic E-state index is -0.853. The first-order valence-electron chi connectivity index (χ1n) is 10.5. The van der Waals surface area contributed by atoms with Gasteiger partial charge in [0.15, 0.2) is 0 Å². The Labute approximate surface area is 182 Å². The predicted molar refractivity (Wildman–Crippen MR) is 119 cm³/mol. The van der Waals surface area contributed by atoms with Gasteiger partial charge in [0.25, 0.3) is 5.91 Å². The molecule has 9 nitrogen and oxygen atoms in total. The number of fused-ring (bicyclic) bond motifs is 3. The van der Waals surface area contributed by atoms with Crippen LogP contribution in [0, 0.1) is 13.8 Å². The Morgan fingerprint density at radius 1 is 1.03 bits per heavy atom. The molecule has 1 aliphatic heterocycles. The minimum absolute atomic E-state index is 0.168. The third-order valence-electron chi connectivity index (χ3n) is 6.94. The van der Waals surface area contributed by atoms with Crippen molar-refractivity contribution >= 4 is 34.0 Å². The molecule has 3 heterocycles. The van der Waals surface area contributed by atoms with Gasteiger partial charge in [-0.2, -0.15) is 0 Å². The zero-order chi connectivity index (χ0) is 22.4. The van der Waals surface area contributed by atoms with Gasteiger partial charge in [-0.05, 0) is 54.3 Å². The molecule has 32 heavy (non-hydrogen) atoms. The molecule has 0 radical (unpaired) electrons. The lowest BCUT2D eigenvalue weighted by Gasteiger charge is -2.27. The van der Waals surface area contributed by atoms with Gasteiger partial charge in [0.1, 0.15) is 11.4 Å². The maximum atomic E-state index is 12.6. The van der Waals surface area contributed by atoms with Gasteiger partial charge in [0, 0.05) is 19.9 Å². The fourth-order valence-corrected chi connectivity index (χ4v) is 5.25. The summed E-state index contributed by atoms with van der Waals surface area (Å²) in [6.45, 7) is 4.32. The van der Waals surface area contributed by atoms with E-state index in [4.69, 9.17) is 4.98 Å². The third-order valence-corrected chi connectivity index (χ3v) is 6.94. The Hall–Kier alpha value is -3.88. The Balaban J connectivity index is 1.37. The Morgan fingerprint density at radius 3 is 2.50 bits per heavy atom. The molecule has 3 N–H and O–H groups in total. The van der Waals surface area contributed by atoms with Crippen LogP contribution in [0.1, 0.15) is 28.1 Å². The van der Waals surface area contributed by atoms with Gasteiger partial charge in [-0.25, -0.2) is 14.6 Å². The van der Waals surface area contributed by atoms with Crippen LogP contribution in [0.25, 0.3) is 22.1 Å². The second kappa shape index (κ2) is 6.09. The molecule has 1 atom stereocenters. The summed E-state index contributed by atoms with van der Waals surface area (Å²) in [5.41, 5.74) is 6.48. The van der Waals surface area contributed by atoms with Gasteiger partial charge >= 0.3 is 11.7 Å². The lowest BCUT2D eigenvalue weighted by molar-refractivity contribution is -0.125.